The van der Waals surface area contributed by atoms with Gasteiger partial charge in [-0.2, -0.15) is 0 Å². The van der Waals surface area contributed by atoms with Crippen molar-refractivity contribution in [2.24, 2.45) is 0 Å². The number of hydrogen-bond acceptors (Lipinski definition) is 6. The Bertz CT molecular complexity index is 1450. The van der Waals surface area contributed by atoms with Gasteiger partial charge in [0, 0.05) is 19.3 Å². The lowest BCUT2D eigenvalue weighted by Crippen LogP contribution is -2.30. The van der Waals surface area contributed by atoms with Gasteiger partial charge in [-0.05, 0) is 116 Å². The highest BCUT2D eigenvalue weighted by Crippen LogP contribution is 2.16. The van der Waals surface area contributed by atoms with Crippen LogP contribution in [0.2, 0.25) is 0 Å². The Morgan fingerprint density at radius 2 is 0.513 bits per heavy atom. The van der Waals surface area contributed by atoms with Crippen molar-refractivity contribution in [3.05, 3.63) is 85.1 Å². The van der Waals surface area contributed by atoms with Gasteiger partial charge in [0.25, 0.3) is 0 Å². The molecule has 0 fully saturated rings. The first-order valence-electron chi connectivity index (χ1n) is 32.6. The number of carbonyl (C=O) groups is 3. The number of unbranched alkanes of at least 4 members (excludes halogenated alkanes) is 34. The largest absolute Gasteiger partial charge is 0.462 e. The van der Waals surface area contributed by atoms with Crippen LogP contribution in [0.25, 0.3) is 0 Å². The fourth-order valence-corrected chi connectivity index (χ4v) is 9.23. The van der Waals surface area contributed by atoms with Crippen LogP contribution in [0, 0.1) is 0 Å². The third-order valence-corrected chi connectivity index (χ3v) is 14.1. The van der Waals surface area contributed by atoms with Gasteiger partial charge in [0.05, 0.1) is 0 Å². The average Bonchev–Trinajstić information content (AvgIpc) is 3.42. The summed E-state index contributed by atoms with van der Waals surface area (Å²) in [6.07, 6.45) is 84.5. The maximum atomic E-state index is 12.9. The van der Waals surface area contributed by atoms with Crippen molar-refractivity contribution in [1.29, 1.82) is 0 Å². The molecule has 0 heterocycles. The third-order valence-electron chi connectivity index (χ3n) is 14.1. The lowest BCUT2D eigenvalue weighted by Gasteiger charge is -2.18. The van der Waals surface area contributed by atoms with Crippen LogP contribution in [0.5, 0.6) is 0 Å². The molecule has 6 heteroatoms. The van der Waals surface area contributed by atoms with Crippen molar-refractivity contribution in [2.75, 3.05) is 13.2 Å². The predicted molar refractivity (Wildman–Crippen MR) is 330 cm³/mol. The summed E-state index contributed by atoms with van der Waals surface area (Å²) in [5.41, 5.74) is 0. The summed E-state index contributed by atoms with van der Waals surface area (Å²) in [5, 5.41) is 0. The minimum Gasteiger partial charge on any atom is -0.462 e. The lowest BCUT2D eigenvalue weighted by atomic mass is 10.0. The first kappa shape index (κ1) is 72.6. The molecule has 76 heavy (non-hydrogen) atoms. The first-order chi connectivity index (χ1) is 37.5. The summed E-state index contributed by atoms with van der Waals surface area (Å²) in [4.78, 5) is 38.3. The van der Waals surface area contributed by atoms with Crippen molar-refractivity contribution in [2.45, 2.75) is 329 Å². The van der Waals surface area contributed by atoms with E-state index in [0.29, 0.717) is 19.3 Å². The standard InChI is InChI=1S/C70H122O6/c1-4-7-10-13-16-19-22-25-28-30-31-32-33-34-35-36-37-38-39-41-42-45-48-51-54-57-60-63-69(72)75-66-67(65-74-68(71)62-59-56-53-50-47-44-27-24-21-18-15-12-9-6-3)76-70(73)64-61-58-55-52-49-46-43-40-29-26-23-20-17-14-11-8-5-2/h8,11,17,20,22,24-27,29-31,33-34,67H,4-7,9-10,12-16,18-19,21,23,28,32,35-66H2,1-3H3/b11-8-,20-17-,25-22-,27-24-,29-26-,31-30-,34-33-. The topological polar surface area (TPSA) is 78.9 Å². The maximum Gasteiger partial charge on any atom is 0.306 e. The second kappa shape index (κ2) is 64.1. The summed E-state index contributed by atoms with van der Waals surface area (Å²) in [6.45, 7) is 6.52. The number of ether oxygens (including phenoxy) is 3. The Morgan fingerprint density at radius 1 is 0.276 bits per heavy atom. The van der Waals surface area contributed by atoms with Crippen LogP contribution in [0.4, 0.5) is 0 Å². The minimum atomic E-state index is -0.787. The van der Waals surface area contributed by atoms with Crippen molar-refractivity contribution >= 4 is 17.9 Å². The van der Waals surface area contributed by atoms with Crippen LogP contribution in [-0.4, -0.2) is 37.2 Å². The number of esters is 3. The van der Waals surface area contributed by atoms with Crippen molar-refractivity contribution < 1.29 is 28.6 Å². The van der Waals surface area contributed by atoms with Crippen LogP contribution in [0.15, 0.2) is 85.1 Å². The number of allylic oxidation sites excluding steroid dienone is 14. The normalized spacial score (nSPS) is 12.6. The van der Waals surface area contributed by atoms with Crippen LogP contribution in [0.3, 0.4) is 0 Å². The molecule has 0 aliphatic heterocycles. The van der Waals surface area contributed by atoms with Gasteiger partial charge in [0.15, 0.2) is 6.10 Å². The molecule has 0 aliphatic rings. The van der Waals surface area contributed by atoms with E-state index in [4.69, 9.17) is 14.2 Å². The van der Waals surface area contributed by atoms with E-state index in [9.17, 15) is 14.4 Å². The van der Waals surface area contributed by atoms with E-state index in [1.165, 1.54) is 180 Å². The highest BCUT2D eigenvalue weighted by atomic mass is 16.6. The molecule has 0 saturated heterocycles. The molecular weight excluding hydrogens is 937 g/mol. The number of hydrogen-bond donors (Lipinski definition) is 0. The molecule has 0 rings (SSSR count). The molecule has 0 amide bonds. The molecule has 6 nitrogen and oxygen atoms in total. The summed E-state index contributed by atoms with van der Waals surface area (Å²) >= 11 is 0. The minimum absolute atomic E-state index is 0.0830. The lowest BCUT2D eigenvalue weighted by molar-refractivity contribution is -0.167. The maximum absolute atomic E-state index is 12.9. The molecule has 0 aliphatic carbocycles. The SMILES string of the molecule is CC/C=C\C/C=C\C/C=C\CCCCCCCCCC(=O)OC(COC(=O)CCCCCCC/C=C\CCCCCCC)COC(=O)CCCCCCCCCCCCCC/C=C\C/C=C\C/C=C\CCCCCCC. The first-order valence-corrected chi connectivity index (χ1v) is 32.6. The van der Waals surface area contributed by atoms with Gasteiger partial charge in [-0.3, -0.25) is 14.4 Å². The predicted octanol–water partition coefficient (Wildman–Crippen LogP) is 22.3. The Balaban J connectivity index is 4.30. The Morgan fingerprint density at radius 3 is 0.816 bits per heavy atom. The molecule has 0 aromatic heterocycles. The highest BCUT2D eigenvalue weighted by molar-refractivity contribution is 5.71. The second-order valence-corrected chi connectivity index (χ2v) is 21.6. The van der Waals surface area contributed by atoms with Gasteiger partial charge in [-0.1, -0.05) is 273 Å². The third kappa shape index (κ3) is 61.4. The van der Waals surface area contributed by atoms with Gasteiger partial charge < -0.3 is 14.2 Å². The van der Waals surface area contributed by atoms with E-state index in [1.54, 1.807) is 0 Å². The van der Waals surface area contributed by atoms with Gasteiger partial charge in [0.2, 0.25) is 0 Å². The van der Waals surface area contributed by atoms with Crippen LogP contribution >= 0.6 is 0 Å². The molecule has 1 atom stereocenters. The summed E-state index contributed by atoms with van der Waals surface area (Å²) in [7, 11) is 0. The molecule has 1 unspecified atom stereocenters. The molecule has 0 bridgehead atoms. The Hall–Kier alpha value is -3.41. The molecule has 0 N–H and O–H groups in total. The van der Waals surface area contributed by atoms with E-state index < -0.39 is 6.10 Å². The van der Waals surface area contributed by atoms with E-state index in [-0.39, 0.29) is 31.1 Å². The number of rotatable bonds is 59. The van der Waals surface area contributed by atoms with E-state index in [2.05, 4.69) is 106 Å². The quantitative estimate of drug-likeness (QED) is 0.0261. The fourth-order valence-electron chi connectivity index (χ4n) is 9.23. The van der Waals surface area contributed by atoms with Gasteiger partial charge in [0.1, 0.15) is 13.2 Å². The fraction of sp³-hybridized carbons (Fsp3) is 0.757. The molecule has 438 valence electrons. The zero-order valence-electron chi connectivity index (χ0n) is 50.3. The summed E-state index contributed by atoms with van der Waals surface area (Å²) in [6, 6.07) is 0. The zero-order chi connectivity index (χ0) is 55.0. The molecule has 0 saturated carbocycles. The molecule has 0 spiro atoms. The molecule has 0 aromatic carbocycles. The number of carbonyl (C=O) groups excluding carboxylic acids is 3. The molecular formula is C70H122O6. The highest BCUT2D eigenvalue weighted by Gasteiger charge is 2.19. The monoisotopic (exact) mass is 1060 g/mol. The Kier molecular flexibility index (Phi) is 61.2. The smallest absolute Gasteiger partial charge is 0.306 e. The van der Waals surface area contributed by atoms with Crippen LogP contribution in [0.1, 0.15) is 323 Å². The van der Waals surface area contributed by atoms with E-state index in [1.807, 2.05) is 0 Å². The zero-order valence-corrected chi connectivity index (χ0v) is 50.3. The molecule has 0 aromatic rings. The van der Waals surface area contributed by atoms with Crippen molar-refractivity contribution in [1.82, 2.24) is 0 Å². The van der Waals surface area contributed by atoms with Gasteiger partial charge >= 0.3 is 17.9 Å². The van der Waals surface area contributed by atoms with Crippen LogP contribution < -0.4 is 0 Å². The van der Waals surface area contributed by atoms with Gasteiger partial charge in [-0.15, -0.1) is 0 Å². The molecule has 0 radical (unpaired) electrons. The van der Waals surface area contributed by atoms with E-state index >= 15 is 0 Å². The summed E-state index contributed by atoms with van der Waals surface area (Å²) < 4.78 is 16.9. The Labute approximate surface area is 471 Å². The average molecular weight is 1060 g/mol. The van der Waals surface area contributed by atoms with Crippen LogP contribution in [-0.2, 0) is 28.6 Å². The van der Waals surface area contributed by atoms with E-state index in [0.717, 1.165) is 103 Å². The summed E-state index contributed by atoms with van der Waals surface area (Å²) in [5.74, 6) is -0.892. The van der Waals surface area contributed by atoms with Crippen molar-refractivity contribution in [3.63, 3.8) is 0 Å². The second-order valence-electron chi connectivity index (χ2n) is 21.6. The van der Waals surface area contributed by atoms with Gasteiger partial charge in [-0.25, -0.2) is 0 Å². The van der Waals surface area contributed by atoms with Crippen molar-refractivity contribution in [3.8, 4) is 0 Å².